The number of nitrogens with zero attached hydrogens (tertiary/aromatic N) is 3. The van der Waals surface area contributed by atoms with E-state index in [1.54, 1.807) is 0 Å². The Labute approximate surface area is 96.6 Å². The van der Waals surface area contributed by atoms with Gasteiger partial charge in [-0.25, -0.2) is 0 Å². The van der Waals surface area contributed by atoms with Crippen LogP contribution in [0.1, 0.15) is 23.3 Å². The monoisotopic (exact) mass is 275 g/mol. The predicted octanol–water partition coefficient (Wildman–Crippen LogP) is 2.37. The number of carbonyl (C=O) groups is 1. The van der Waals surface area contributed by atoms with E-state index in [2.05, 4.69) is 10.3 Å². The molecule has 0 aliphatic rings. The fourth-order valence-electron chi connectivity index (χ4n) is 1.10. The summed E-state index contributed by atoms with van der Waals surface area (Å²) in [4.78, 5) is 10.7. The maximum atomic E-state index is 12.0. The first-order valence-corrected chi connectivity index (χ1v) is 4.68. The summed E-state index contributed by atoms with van der Waals surface area (Å²) in [6, 6.07) is 0. The molecule has 0 spiro atoms. The molecule has 0 N–H and O–H groups in total. The first-order chi connectivity index (χ1) is 8.09. The molecule has 0 bridgehead atoms. The highest BCUT2D eigenvalue weighted by Gasteiger charge is 2.41. The van der Waals surface area contributed by atoms with Crippen molar-refractivity contribution >= 4 is 5.78 Å². The lowest BCUT2D eigenvalue weighted by Gasteiger charge is -2.04. The summed E-state index contributed by atoms with van der Waals surface area (Å²) in [5, 5.41) is 6.11. The van der Waals surface area contributed by atoms with Crippen molar-refractivity contribution in [2.75, 3.05) is 0 Å². The molecule has 1 heterocycles. The summed E-state index contributed by atoms with van der Waals surface area (Å²) >= 11 is 0. The van der Waals surface area contributed by atoms with E-state index >= 15 is 0 Å². The number of halogens is 6. The van der Waals surface area contributed by atoms with Crippen molar-refractivity contribution in [3.05, 3.63) is 11.9 Å². The summed E-state index contributed by atoms with van der Waals surface area (Å²) in [5.74, 6) is -2.18. The molecule has 0 fully saturated rings. The number of hydrogen-bond donors (Lipinski definition) is 0. The van der Waals surface area contributed by atoms with Crippen LogP contribution in [0.5, 0.6) is 0 Å². The van der Waals surface area contributed by atoms with Crippen LogP contribution in [0, 0.1) is 0 Å². The lowest BCUT2D eigenvalue weighted by Crippen LogP contribution is -2.23. The molecule has 4 nitrogen and oxygen atoms in total. The number of hydrogen-bond acceptors (Lipinski definition) is 3. The van der Waals surface area contributed by atoms with Crippen molar-refractivity contribution in [3.63, 3.8) is 0 Å². The normalized spacial score (nSPS) is 12.8. The molecule has 0 unspecified atom stereocenters. The van der Waals surface area contributed by atoms with Gasteiger partial charge in [-0.15, -0.1) is 5.10 Å². The van der Waals surface area contributed by atoms with Crippen molar-refractivity contribution in [1.82, 2.24) is 15.0 Å². The minimum atomic E-state index is -5.08. The molecule has 0 saturated carbocycles. The lowest BCUT2D eigenvalue weighted by atomic mass is 10.3. The van der Waals surface area contributed by atoms with Crippen molar-refractivity contribution in [2.24, 2.45) is 0 Å². The van der Waals surface area contributed by atoms with Gasteiger partial charge in [-0.3, -0.25) is 9.48 Å². The largest absolute Gasteiger partial charge is 0.456 e. The minimum Gasteiger partial charge on any atom is -0.282 e. The summed E-state index contributed by atoms with van der Waals surface area (Å²) in [5.41, 5.74) is -0.936. The summed E-state index contributed by atoms with van der Waals surface area (Å²) < 4.78 is 72.1. The summed E-state index contributed by atoms with van der Waals surface area (Å²) in [7, 11) is 0. The minimum absolute atomic E-state index is 0.266. The first-order valence-electron chi connectivity index (χ1n) is 4.68. The molecule has 0 aromatic carbocycles. The topological polar surface area (TPSA) is 47.8 Å². The molecule has 0 radical (unpaired) electrons. The van der Waals surface area contributed by atoms with E-state index in [1.165, 1.54) is 0 Å². The highest BCUT2D eigenvalue weighted by atomic mass is 19.4. The van der Waals surface area contributed by atoms with Crippen LogP contribution in [-0.2, 0) is 6.54 Å². The fraction of sp³-hybridized carbons (Fsp3) is 0.625. The molecular formula is C8H7F6N3O. The van der Waals surface area contributed by atoms with Gasteiger partial charge >= 0.3 is 12.4 Å². The number of Topliss-reactive ketones (excluding diaryl/α,β-unsaturated/α-hetero) is 1. The third-order valence-corrected chi connectivity index (χ3v) is 1.88. The Morgan fingerprint density at radius 2 is 1.83 bits per heavy atom. The van der Waals surface area contributed by atoms with Crippen molar-refractivity contribution in [2.45, 2.75) is 31.7 Å². The third kappa shape index (κ3) is 4.34. The Bertz CT molecular complexity index is 421. The molecule has 0 atom stereocenters. The Balaban J connectivity index is 2.57. The van der Waals surface area contributed by atoms with Crippen LogP contribution in [0.25, 0.3) is 0 Å². The second-order valence-electron chi connectivity index (χ2n) is 3.41. The molecule has 1 aromatic heterocycles. The van der Waals surface area contributed by atoms with Crippen LogP contribution in [0.2, 0.25) is 0 Å². The Kier molecular flexibility index (Phi) is 3.97. The SMILES string of the molecule is O=C(c1cn(CCCC(F)(F)F)nn1)C(F)(F)F. The number of carbonyl (C=O) groups excluding carboxylic acids is 1. The van der Waals surface area contributed by atoms with Crippen LogP contribution < -0.4 is 0 Å². The molecule has 0 saturated heterocycles. The predicted molar refractivity (Wildman–Crippen MR) is 45.7 cm³/mol. The number of aryl methyl sites for hydroxylation is 1. The van der Waals surface area contributed by atoms with Crippen molar-refractivity contribution in [3.8, 4) is 0 Å². The molecule has 102 valence electrons. The average Bonchev–Trinajstić information content (AvgIpc) is 2.61. The molecule has 1 rings (SSSR count). The Morgan fingerprint density at radius 1 is 1.22 bits per heavy atom. The van der Waals surface area contributed by atoms with Gasteiger partial charge in [0, 0.05) is 13.0 Å². The molecule has 18 heavy (non-hydrogen) atoms. The summed E-state index contributed by atoms with van der Waals surface area (Å²) in [6.45, 7) is -0.266. The van der Waals surface area contributed by atoms with Crippen LogP contribution in [0.15, 0.2) is 6.20 Å². The quantitative estimate of drug-likeness (QED) is 0.626. The molecular weight excluding hydrogens is 268 g/mol. The van der Waals surface area contributed by atoms with E-state index in [1.807, 2.05) is 0 Å². The molecule has 0 amide bonds. The van der Waals surface area contributed by atoms with Gasteiger partial charge in [0.15, 0.2) is 5.69 Å². The van der Waals surface area contributed by atoms with E-state index in [9.17, 15) is 31.1 Å². The molecule has 0 aliphatic carbocycles. The average molecular weight is 275 g/mol. The Hall–Kier alpha value is -1.61. The van der Waals surface area contributed by atoms with Gasteiger partial charge < -0.3 is 0 Å². The van der Waals surface area contributed by atoms with E-state index in [-0.39, 0.29) is 13.0 Å². The van der Waals surface area contributed by atoms with E-state index in [0.29, 0.717) is 6.20 Å². The lowest BCUT2D eigenvalue weighted by molar-refractivity contribution is -0.136. The second-order valence-corrected chi connectivity index (χ2v) is 3.41. The number of aromatic nitrogens is 3. The number of rotatable bonds is 4. The second kappa shape index (κ2) is 4.94. The Morgan fingerprint density at radius 3 is 2.33 bits per heavy atom. The number of alkyl halides is 6. The maximum Gasteiger partial charge on any atom is 0.456 e. The molecule has 1 aromatic rings. The number of ketones is 1. The van der Waals surface area contributed by atoms with Crippen LogP contribution >= 0.6 is 0 Å². The standard InChI is InChI=1S/C8H7F6N3O/c9-7(10,11)2-1-3-17-4-5(15-16-17)6(18)8(12,13)14/h4H,1-3H2. The van der Waals surface area contributed by atoms with Gasteiger partial charge in [-0.05, 0) is 6.42 Å². The van der Waals surface area contributed by atoms with Gasteiger partial charge in [-0.2, -0.15) is 26.3 Å². The van der Waals surface area contributed by atoms with E-state index in [4.69, 9.17) is 0 Å². The molecule has 10 heteroatoms. The fourth-order valence-corrected chi connectivity index (χ4v) is 1.10. The highest BCUT2D eigenvalue weighted by molar-refractivity contribution is 5.98. The van der Waals surface area contributed by atoms with Gasteiger partial charge in [0.1, 0.15) is 0 Å². The third-order valence-electron chi connectivity index (χ3n) is 1.88. The van der Waals surface area contributed by atoms with Gasteiger partial charge in [0.25, 0.3) is 5.78 Å². The van der Waals surface area contributed by atoms with Crippen molar-refractivity contribution in [1.29, 1.82) is 0 Å². The van der Waals surface area contributed by atoms with E-state index < -0.39 is 30.3 Å². The van der Waals surface area contributed by atoms with Gasteiger partial charge in [-0.1, -0.05) is 5.21 Å². The maximum absolute atomic E-state index is 12.0. The smallest absolute Gasteiger partial charge is 0.282 e. The van der Waals surface area contributed by atoms with Gasteiger partial charge in [0.05, 0.1) is 6.20 Å². The summed E-state index contributed by atoms with van der Waals surface area (Å²) in [6.07, 6.45) is -10.2. The molecule has 0 aliphatic heterocycles. The van der Waals surface area contributed by atoms with Crippen LogP contribution in [0.4, 0.5) is 26.3 Å². The first kappa shape index (κ1) is 14.5. The zero-order valence-corrected chi connectivity index (χ0v) is 8.72. The van der Waals surface area contributed by atoms with Gasteiger partial charge in [0.2, 0.25) is 0 Å². The van der Waals surface area contributed by atoms with E-state index in [0.717, 1.165) is 4.68 Å². The van der Waals surface area contributed by atoms with Crippen LogP contribution in [-0.4, -0.2) is 33.1 Å². The zero-order chi connectivity index (χ0) is 14.0. The van der Waals surface area contributed by atoms with Crippen molar-refractivity contribution < 1.29 is 31.1 Å². The zero-order valence-electron chi connectivity index (χ0n) is 8.72. The highest BCUT2D eigenvalue weighted by Crippen LogP contribution is 2.22. The van der Waals surface area contributed by atoms with Crippen LogP contribution in [0.3, 0.4) is 0 Å².